The van der Waals surface area contributed by atoms with Crippen molar-refractivity contribution in [2.24, 2.45) is 17.8 Å². The first kappa shape index (κ1) is 12.0. The fraction of sp³-hybridized carbons (Fsp3) is 1.00. The van der Waals surface area contributed by atoms with Gasteiger partial charge in [-0.1, -0.05) is 27.7 Å². The lowest BCUT2D eigenvalue weighted by Gasteiger charge is -2.29. The molecule has 0 aromatic rings. The van der Waals surface area contributed by atoms with E-state index in [-0.39, 0.29) is 0 Å². The van der Waals surface area contributed by atoms with Crippen molar-refractivity contribution in [3.05, 3.63) is 0 Å². The van der Waals surface area contributed by atoms with E-state index in [0.29, 0.717) is 18.1 Å². The van der Waals surface area contributed by atoms with Gasteiger partial charge in [-0.15, -0.1) is 0 Å². The van der Waals surface area contributed by atoms with E-state index in [0.717, 1.165) is 18.3 Å². The van der Waals surface area contributed by atoms with E-state index >= 15 is 0 Å². The Bertz CT molecular complexity index is 170. The van der Waals surface area contributed by atoms with Crippen LogP contribution in [0, 0.1) is 17.8 Å². The smallest absolute Gasteiger partial charge is 0.0816 e. The van der Waals surface area contributed by atoms with Gasteiger partial charge in [0, 0.05) is 6.04 Å². The van der Waals surface area contributed by atoms with E-state index in [1.165, 1.54) is 6.42 Å². The summed E-state index contributed by atoms with van der Waals surface area (Å²) in [6, 6.07) is 0.487. The van der Waals surface area contributed by atoms with E-state index < -0.39 is 0 Å². The molecule has 0 saturated carbocycles. The van der Waals surface area contributed by atoms with Gasteiger partial charge in [0.25, 0.3) is 0 Å². The van der Waals surface area contributed by atoms with E-state index in [4.69, 9.17) is 4.84 Å². The van der Waals surface area contributed by atoms with E-state index in [9.17, 15) is 0 Å². The molecular weight excluding hydrogens is 174 g/mol. The molecule has 0 aromatic carbocycles. The van der Waals surface area contributed by atoms with Crippen molar-refractivity contribution in [1.82, 2.24) is 5.48 Å². The second kappa shape index (κ2) is 5.13. The number of rotatable bonds is 2. The molecule has 1 fully saturated rings. The van der Waals surface area contributed by atoms with Crippen LogP contribution in [0.15, 0.2) is 0 Å². The van der Waals surface area contributed by atoms with Gasteiger partial charge >= 0.3 is 0 Å². The molecule has 2 nitrogen and oxygen atoms in total. The molecule has 0 radical (unpaired) electrons. The van der Waals surface area contributed by atoms with E-state index in [2.05, 4.69) is 40.1 Å². The van der Waals surface area contributed by atoms with Crippen molar-refractivity contribution < 1.29 is 4.84 Å². The topological polar surface area (TPSA) is 21.3 Å². The number of hydroxylamine groups is 1. The third kappa shape index (κ3) is 2.71. The van der Waals surface area contributed by atoms with Crippen molar-refractivity contribution in [2.45, 2.75) is 59.6 Å². The van der Waals surface area contributed by atoms with Crippen LogP contribution < -0.4 is 5.48 Å². The predicted molar refractivity (Wildman–Crippen MR) is 59.9 cm³/mol. The standard InChI is InChI=1S/C12H25NO/c1-6-12-10(5)11(8(2)3)7-9(4)13-14-12/h8-13H,6-7H2,1-5H3. The molecule has 4 unspecified atom stereocenters. The fourth-order valence-electron chi connectivity index (χ4n) is 2.59. The summed E-state index contributed by atoms with van der Waals surface area (Å²) in [4.78, 5) is 5.71. The van der Waals surface area contributed by atoms with Gasteiger partial charge in [0.2, 0.25) is 0 Å². The second-order valence-electron chi connectivity index (χ2n) is 5.09. The summed E-state index contributed by atoms with van der Waals surface area (Å²) in [5.41, 5.74) is 3.16. The van der Waals surface area contributed by atoms with Gasteiger partial charge in [0.15, 0.2) is 0 Å². The number of nitrogens with one attached hydrogen (secondary N) is 1. The third-order valence-corrected chi connectivity index (χ3v) is 3.57. The van der Waals surface area contributed by atoms with Crippen molar-refractivity contribution in [1.29, 1.82) is 0 Å². The normalized spacial score (nSPS) is 39.9. The van der Waals surface area contributed by atoms with Crippen molar-refractivity contribution in [3.63, 3.8) is 0 Å². The predicted octanol–water partition coefficient (Wildman–Crippen LogP) is 2.99. The molecule has 1 N–H and O–H groups in total. The first-order valence-corrected chi connectivity index (χ1v) is 5.97. The zero-order valence-corrected chi connectivity index (χ0v) is 10.2. The van der Waals surface area contributed by atoms with Crippen molar-refractivity contribution in [3.8, 4) is 0 Å². The maximum atomic E-state index is 5.71. The van der Waals surface area contributed by atoms with Gasteiger partial charge < -0.3 is 0 Å². The van der Waals surface area contributed by atoms with Crippen molar-refractivity contribution in [2.75, 3.05) is 0 Å². The van der Waals surface area contributed by atoms with E-state index in [1.807, 2.05) is 0 Å². The molecule has 0 aromatic heterocycles. The summed E-state index contributed by atoms with van der Waals surface area (Å²) in [6.45, 7) is 11.4. The van der Waals surface area contributed by atoms with Gasteiger partial charge in [0.05, 0.1) is 6.10 Å². The lowest BCUT2D eigenvalue weighted by Crippen LogP contribution is -2.30. The van der Waals surface area contributed by atoms with Crippen LogP contribution in [0.3, 0.4) is 0 Å². The molecule has 0 spiro atoms. The Hall–Kier alpha value is -0.0800. The molecule has 1 aliphatic heterocycles. The Labute approximate surface area is 88.4 Å². The fourth-order valence-corrected chi connectivity index (χ4v) is 2.59. The molecule has 4 atom stereocenters. The average molecular weight is 199 g/mol. The monoisotopic (exact) mass is 199 g/mol. The minimum absolute atomic E-state index is 0.382. The lowest BCUT2D eigenvalue weighted by atomic mass is 9.77. The maximum Gasteiger partial charge on any atom is 0.0816 e. The summed E-state index contributed by atoms with van der Waals surface area (Å²) < 4.78 is 0. The highest BCUT2D eigenvalue weighted by molar-refractivity contribution is 4.81. The highest BCUT2D eigenvalue weighted by Gasteiger charge is 2.32. The van der Waals surface area contributed by atoms with Gasteiger partial charge in [-0.3, -0.25) is 4.84 Å². The van der Waals surface area contributed by atoms with Crippen LogP contribution in [-0.2, 0) is 4.84 Å². The average Bonchev–Trinajstić information content (AvgIpc) is 2.26. The Balaban J connectivity index is 2.70. The first-order valence-electron chi connectivity index (χ1n) is 5.97. The van der Waals surface area contributed by atoms with Gasteiger partial charge in [-0.05, 0) is 37.5 Å². The van der Waals surface area contributed by atoms with Crippen LogP contribution in [0.5, 0.6) is 0 Å². The quantitative estimate of drug-likeness (QED) is 0.738. The van der Waals surface area contributed by atoms with Gasteiger partial charge in [-0.25, -0.2) is 0 Å². The molecule has 0 bridgehead atoms. The minimum Gasteiger partial charge on any atom is -0.298 e. The third-order valence-electron chi connectivity index (χ3n) is 3.57. The first-order chi connectivity index (χ1) is 6.56. The molecule has 1 heterocycles. The van der Waals surface area contributed by atoms with Crippen LogP contribution in [0.25, 0.3) is 0 Å². The van der Waals surface area contributed by atoms with Crippen molar-refractivity contribution >= 4 is 0 Å². The highest BCUT2D eigenvalue weighted by atomic mass is 16.7. The Morgan fingerprint density at radius 1 is 1.36 bits per heavy atom. The van der Waals surface area contributed by atoms with Crippen LogP contribution in [0.4, 0.5) is 0 Å². The maximum absolute atomic E-state index is 5.71. The largest absolute Gasteiger partial charge is 0.298 e. The summed E-state index contributed by atoms with van der Waals surface area (Å²) in [6.07, 6.45) is 2.71. The van der Waals surface area contributed by atoms with Crippen LogP contribution in [0.2, 0.25) is 0 Å². The van der Waals surface area contributed by atoms with E-state index in [1.54, 1.807) is 0 Å². The SMILES string of the molecule is CCC1ONC(C)CC(C(C)C)C1C. The number of hydrogen-bond donors (Lipinski definition) is 1. The molecule has 0 aliphatic carbocycles. The molecule has 14 heavy (non-hydrogen) atoms. The minimum atomic E-state index is 0.382. The molecule has 1 aliphatic rings. The Kier molecular flexibility index (Phi) is 4.39. The van der Waals surface area contributed by atoms with Crippen LogP contribution in [-0.4, -0.2) is 12.1 Å². The molecule has 0 amide bonds. The second-order valence-corrected chi connectivity index (χ2v) is 5.09. The summed E-state index contributed by atoms with van der Waals surface area (Å²) >= 11 is 0. The molecular formula is C12H25NO. The summed E-state index contributed by atoms with van der Waals surface area (Å²) in [7, 11) is 0. The highest BCUT2D eigenvalue weighted by Crippen LogP contribution is 2.32. The molecule has 2 heteroatoms. The Morgan fingerprint density at radius 2 is 2.00 bits per heavy atom. The summed E-state index contributed by atoms with van der Waals surface area (Å²) in [5, 5.41) is 0. The van der Waals surface area contributed by atoms with Gasteiger partial charge in [-0.2, -0.15) is 5.48 Å². The van der Waals surface area contributed by atoms with Crippen LogP contribution in [0.1, 0.15) is 47.5 Å². The van der Waals surface area contributed by atoms with Gasteiger partial charge in [0.1, 0.15) is 0 Å². The number of hydrogen-bond acceptors (Lipinski definition) is 2. The zero-order valence-electron chi connectivity index (χ0n) is 10.2. The Morgan fingerprint density at radius 3 is 2.50 bits per heavy atom. The van der Waals surface area contributed by atoms with Crippen LogP contribution >= 0.6 is 0 Å². The molecule has 84 valence electrons. The summed E-state index contributed by atoms with van der Waals surface area (Å²) in [5.74, 6) is 2.20. The lowest BCUT2D eigenvalue weighted by molar-refractivity contribution is -0.0569. The molecule has 1 rings (SSSR count). The zero-order chi connectivity index (χ0) is 10.7. The molecule has 1 saturated heterocycles.